The highest BCUT2D eigenvalue weighted by Gasteiger charge is 2.18. The Labute approximate surface area is 123 Å². The van der Waals surface area contributed by atoms with Crippen molar-refractivity contribution in [2.45, 2.75) is 4.90 Å². The van der Waals surface area contributed by atoms with Gasteiger partial charge in [-0.05, 0) is 18.2 Å². The molecule has 0 aliphatic rings. The Morgan fingerprint density at radius 1 is 1.05 bits per heavy atom. The fourth-order valence-electron chi connectivity index (χ4n) is 1.52. The largest absolute Gasteiger partial charge is 0.397 e. The molecule has 2 rings (SSSR count). The number of rotatable bonds is 3. The lowest BCUT2D eigenvalue weighted by Gasteiger charge is -2.10. The molecule has 2 aromatic rings. The van der Waals surface area contributed by atoms with E-state index in [0.29, 0.717) is 12.1 Å². The molecule has 0 spiro atoms. The molecule has 0 amide bonds. The van der Waals surface area contributed by atoms with Gasteiger partial charge in [0.15, 0.2) is 17.5 Å². The van der Waals surface area contributed by atoms with E-state index in [2.05, 4.69) is 0 Å². The van der Waals surface area contributed by atoms with Crippen LogP contribution in [0.5, 0.6) is 0 Å². The predicted molar refractivity (Wildman–Crippen MR) is 73.0 cm³/mol. The van der Waals surface area contributed by atoms with E-state index in [9.17, 15) is 21.6 Å². The number of benzene rings is 2. The Hall–Kier alpha value is -1.93. The number of nitrogens with one attached hydrogen (secondary N) is 1. The second-order valence-electron chi connectivity index (χ2n) is 4.04. The Balaban J connectivity index is 2.39. The third-order valence-electron chi connectivity index (χ3n) is 2.51. The van der Waals surface area contributed by atoms with Crippen molar-refractivity contribution in [3.8, 4) is 0 Å². The molecule has 112 valence electrons. The van der Waals surface area contributed by atoms with Crippen molar-refractivity contribution in [2.75, 3.05) is 10.5 Å². The van der Waals surface area contributed by atoms with Crippen molar-refractivity contribution < 1.29 is 21.6 Å². The molecule has 3 N–H and O–H groups in total. The Kier molecular flexibility index (Phi) is 4.02. The molecule has 9 heteroatoms. The summed E-state index contributed by atoms with van der Waals surface area (Å²) in [6, 6.07) is 4.56. The average molecular weight is 337 g/mol. The van der Waals surface area contributed by atoms with Gasteiger partial charge >= 0.3 is 0 Å². The van der Waals surface area contributed by atoms with Gasteiger partial charge in [-0.1, -0.05) is 11.6 Å². The van der Waals surface area contributed by atoms with Crippen molar-refractivity contribution in [1.82, 2.24) is 0 Å². The molecule has 0 heterocycles. The van der Waals surface area contributed by atoms with E-state index in [4.69, 9.17) is 17.3 Å². The van der Waals surface area contributed by atoms with E-state index in [0.717, 1.165) is 12.1 Å². The number of anilines is 2. The summed E-state index contributed by atoms with van der Waals surface area (Å²) in [4.78, 5) is -0.255. The number of hydrogen-bond acceptors (Lipinski definition) is 3. The number of nitrogen functional groups attached to an aromatic ring is 1. The molecule has 0 bridgehead atoms. The zero-order valence-electron chi connectivity index (χ0n) is 10.2. The zero-order valence-corrected chi connectivity index (χ0v) is 11.8. The molecule has 21 heavy (non-hydrogen) atoms. The lowest BCUT2D eigenvalue weighted by molar-refractivity contribution is 0.448. The standard InChI is InChI=1S/C12H8ClF3N2O2S/c13-8-2-1-7(5-11(8)17)21(19,20)18-6-3-9(14)12(16)10(15)4-6/h1-5,18H,17H2. The molecule has 0 fully saturated rings. The first-order chi connectivity index (χ1) is 9.70. The summed E-state index contributed by atoms with van der Waals surface area (Å²) >= 11 is 5.67. The highest BCUT2D eigenvalue weighted by atomic mass is 35.5. The van der Waals surface area contributed by atoms with Crippen LogP contribution in [0, 0.1) is 17.5 Å². The number of hydrogen-bond donors (Lipinski definition) is 2. The third-order valence-corrected chi connectivity index (χ3v) is 4.24. The lowest BCUT2D eigenvalue weighted by atomic mass is 10.3. The molecule has 0 aromatic heterocycles. The van der Waals surface area contributed by atoms with E-state index in [1.165, 1.54) is 6.07 Å². The first-order valence-electron chi connectivity index (χ1n) is 5.43. The van der Waals surface area contributed by atoms with Crippen molar-refractivity contribution in [2.24, 2.45) is 0 Å². The van der Waals surface area contributed by atoms with E-state index in [-0.39, 0.29) is 15.6 Å². The maximum absolute atomic E-state index is 13.0. The van der Waals surface area contributed by atoms with Crippen molar-refractivity contribution in [1.29, 1.82) is 0 Å². The van der Waals surface area contributed by atoms with Crippen LogP contribution in [0.3, 0.4) is 0 Å². The summed E-state index contributed by atoms with van der Waals surface area (Å²) in [6.45, 7) is 0. The first-order valence-corrected chi connectivity index (χ1v) is 7.29. The van der Waals surface area contributed by atoms with Gasteiger partial charge in [-0.2, -0.15) is 0 Å². The molecule has 2 aromatic carbocycles. The van der Waals surface area contributed by atoms with Gasteiger partial charge in [-0.15, -0.1) is 0 Å². The second kappa shape index (κ2) is 5.45. The van der Waals surface area contributed by atoms with Crippen LogP contribution < -0.4 is 10.5 Å². The molecule has 0 aliphatic carbocycles. The van der Waals surface area contributed by atoms with Gasteiger partial charge in [0.05, 0.1) is 21.3 Å². The highest BCUT2D eigenvalue weighted by molar-refractivity contribution is 7.92. The zero-order chi connectivity index (χ0) is 15.8. The second-order valence-corrected chi connectivity index (χ2v) is 6.13. The summed E-state index contributed by atoms with van der Waals surface area (Å²) < 4.78 is 64.9. The maximum atomic E-state index is 13.0. The molecule has 4 nitrogen and oxygen atoms in total. The topological polar surface area (TPSA) is 72.2 Å². The summed E-state index contributed by atoms with van der Waals surface area (Å²) in [6.07, 6.45) is 0. The van der Waals surface area contributed by atoms with Crippen molar-refractivity contribution >= 4 is 33.0 Å². The fraction of sp³-hybridized carbons (Fsp3) is 0. The smallest absolute Gasteiger partial charge is 0.261 e. The number of halogens is 4. The molecule has 0 saturated carbocycles. The Bertz CT molecular complexity index is 789. The molecule has 0 radical (unpaired) electrons. The van der Waals surface area contributed by atoms with Crippen LogP contribution in [0.25, 0.3) is 0 Å². The minimum atomic E-state index is -4.14. The van der Waals surface area contributed by atoms with Gasteiger partial charge < -0.3 is 5.73 Å². The van der Waals surface area contributed by atoms with E-state index < -0.39 is 33.2 Å². The van der Waals surface area contributed by atoms with Gasteiger partial charge in [-0.25, -0.2) is 21.6 Å². The van der Waals surface area contributed by atoms with E-state index in [1.54, 1.807) is 0 Å². The lowest BCUT2D eigenvalue weighted by Crippen LogP contribution is -2.14. The van der Waals surface area contributed by atoms with E-state index >= 15 is 0 Å². The van der Waals surface area contributed by atoms with Crippen LogP contribution in [0.15, 0.2) is 35.2 Å². The number of sulfonamides is 1. The van der Waals surface area contributed by atoms with Crippen LogP contribution in [-0.4, -0.2) is 8.42 Å². The molecular formula is C12H8ClF3N2O2S. The van der Waals surface area contributed by atoms with Gasteiger partial charge in [0, 0.05) is 12.1 Å². The van der Waals surface area contributed by atoms with Crippen LogP contribution in [0.4, 0.5) is 24.5 Å². The number of nitrogens with two attached hydrogens (primary N) is 1. The van der Waals surface area contributed by atoms with Crippen LogP contribution in [0.2, 0.25) is 5.02 Å². The summed E-state index contributed by atoms with van der Waals surface area (Å²) in [5, 5.41) is 0.160. The highest BCUT2D eigenvalue weighted by Crippen LogP contribution is 2.25. The summed E-state index contributed by atoms with van der Waals surface area (Å²) in [7, 11) is -4.14. The predicted octanol–water partition coefficient (Wildman–Crippen LogP) is 3.14. The maximum Gasteiger partial charge on any atom is 0.261 e. The van der Waals surface area contributed by atoms with Crippen LogP contribution in [0.1, 0.15) is 0 Å². The molecule has 0 unspecified atom stereocenters. The van der Waals surface area contributed by atoms with E-state index in [1.807, 2.05) is 4.72 Å². The normalized spacial score (nSPS) is 11.4. The van der Waals surface area contributed by atoms with Crippen LogP contribution in [-0.2, 0) is 10.0 Å². The van der Waals surface area contributed by atoms with Crippen molar-refractivity contribution in [3.63, 3.8) is 0 Å². The Morgan fingerprint density at radius 3 is 2.14 bits per heavy atom. The van der Waals surface area contributed by atoms with Gasteiger partial charge in [-0.3, -0.25) is 4.72 Å². The van der Waals surface area contributed by atoms with Gasteiger partial charge in [0.25, 0.3) is 10.0 Å². The quantitative estimate of drug-likeness (QED) is 0.668. The molecule has 0 aliphatic heterocycles. The van der Waals surface area contributed by atoms with Crippen LogP contribution >= 0.6 is 11.6 Å². The summed E-state index contributed by atoms with van der Waals surface area (Å²) in [5.74, 6) is -4.71. The summed E-state index contributed by atoms with van der Waals surface area (Å²) in [5.41, 5.74) is 5.05. The Morgan fingerprint density at radius 2 is 1.62 bits per heavy atom. The minimum Gasteiger partial charge on any atom is -0.397 e. The molecular weight excluding hydrogens is 329 g/mol. The van der Waals surface area contributed by atoms with Gasteiger partial charge in [0.1, 0.15) is 0 Å². The third kappa shape index (κ3) is 3.22. The van der Waals surface area contributed by atoms with Crippen molar-refractivity contribution in [3.05, 3.63) is 52.8 Å². The SMILES string of the molecule is Nc1cc(S(=O)(=O)Nc2cc(F)c(F)c(F)c2)ccc1Cl. The molecule has 0 saturated heterocycles. The average Bonchev–Trinajstić information content (AvgIpc) is 2.38. The fourth-order valence-corrected chi connectivity index (χ4v) is 2.71. The van der Waals surface area contributed by atoms with Gasteiger partial charge in [0.2, 0.25) is 0 Å². The monoisotopic (exact) mass is 336 g/mol. The molecule has 0 atom stereocenters. The first kappa shape index (κ1) is 15.5. The minimum absolute atomic E-state index is 0.0241.